The van der Waals surface area contributed by atoms with Crippen LogP contribution in [0.2, 0.25) is 0 Å². The number of hydrogen-bond donors (Lipinski definition) is 1. The van der Waals surface area contributed by atoms with Gasteiger partial charge in [0.2, 0.25) is 0 Å². The van der Waals surface area contributed by atoms with Gasteiger partial charge in [-0.25, -0.2) is 0 Å². The molecular weight excluding hydrogens is 134 g/mol. The van der Waals surface area contributed by atoms with Crippen LogP contribution in [0.3, 0.4) is 0 Å². The molecule has 0 unspecified atom stereocenters. The zero-order valence-corrected chi connectivity index (χ0v) is 7.39. The third kappa shape index (κ3) is 1.97. The summed E-state index contributed by atoms with van der Waals surface area (Å²) in [5, 5.41) is 3.21. The number of allylic oxidation sites excluding steroid dienone is 4. The van der Waals surface area contributed by atoms with Crippen molar-refractivity contribution in [3.05, 3.63) is 35.7 Å². The van der Waals surface area contributed by atoms with Crippen LogP contribution in [0.4, 0.5) is 0 Å². The molecule has 1 nitrogen and oxygen atoms in total. The lowest BCUT2D eigenvalue weighted by molar-refractivity contribution is 0.775. The first-order valence-electron chi connectivity index (χ1n) is 4.05. The van der Waals surface area contributed by atoms with E-state index in [9.17, 15) is 0 Å². The normalized spacial score (nSPS) is 20.4. The first kappa shape index (κ1) is 8.12. The van der Waals surface area contributed by atoms with Crippen LogP contribution < -0.4 is 5.32 Å². The van der Waals surface area contributed by atoms with Gasteiger partial charge < -0.3 is 5.32 Å². The lowest BCUT2D eigenvalue weighted by atomic mass is 10.0. The molecule has 0 aromatic heterocycles. The molecule has 0 saturated carbocycles. The van der Waals surface area contributed by atoms with E-state index in [-0.39, 0.29) is 0 Å². The van der Waals surface area contributed by atoms with E-state index in [0.29, 0.717) is 5.92 Å². The largest absolute Gasteiger partial charge is 0.362 e. The molecular formula is C10H15N. The second kappa shape index (κ2) is 3.42. The number of dihydropyridines is 1. The minimum atomic E-state index is 0.608. The third-order valence-corrected chi connectivity index (χ3v) is 1.84. The van der Waals surface area contributed by atoms with Gasteiger partial charge in [-0.15, -0.1) is 0 Å². The average molecular weight is 149 g/mol. The topological polar surface area (TPSA) is 12.0 Å². The first-order chi connectivity index (χ1) is 5.24. The Morgan fingerprint density at radius 1 is 1.36 bits per heavy atom. The van der Waals surface area contributed by atoms with Gasteiger partial charge in [-0.2, -0.15) is 0 Å². The highest BCUT2D eigenvalue weighted by atomic mass is 14.9. The highest BCUT2D eigenvalue weighted by molar-refractivity contribution is 5.33. The van der Waals surface area contributed by atoms with E-state index in [1.807, 2.05) is 6.92 Å². The number of nitrogens with one attached hydrogen (secondary N) is 1. The molecule has 0 fully saturated rings. The standard InChI is InChI=1S/C10H15N/c1-4-10-6-5-9(7-11-10)8(2)3/h4-8,11H,1-3H3/b10-4-. The van der Waals surface area contributed by atoms with Crippen molar-refractivity contribution in [3.63, 3.8) is 0 Å². The van der Waals surface area contributed by atoms with Crippen LogP contribution >= 0.6 is 0 Å². The SMILES string of the molecule is C/C=C1/C=CC(C(C)C)=CN1. The summed E-state index contributed by atoms with van der Waals surface area (Å²) in [5.41, 5.74) is 2.53. The molecule has 0 spiro atoms. The molecule has 0 atom stereocenters. The fraction of sp³-hybridized carbons (Fsp3) is 0.400. The predicted molar refractivity (Wildman–Crippen MR) is 49.0 cm³/mol. The van der Waals surface area contributed by atoms with Gasteiger partial charge in [-0.1, -0.05) is 26.0 Å². The van der Waals surface area contributed by atoms with E-state index in [2.05, 4.69) is 43.6 Å². The van der Waals surface area contributed by atoms with Gasteiger partial charge in [0, 0.05) is 11.9 Å². The number of rotatable bonds is 1. The maximum atomic E-state index is 3.21. The van der Waals surface area contributed by atoms with Gasteiger partial charge in [0.15, 0.2) is 0 Å². The minimum Gasteiger partial charge on any atom is -0.362 e. The van der Waals surface area contributed by atoms with E-state index < -0.39 is 0 Å². The molecule has 1 N–H and O–H groups in total. The Labute approximate surface area is 68.5 Å². The highest BCUT2D eigenvalue weighted by Gasteiger charge is 2.02. The Hall–Kier alpha value is -0.980. The van der Waals surface area contributed by atoms with Crippen molar-refractivity contribution in [3.8, 4) is 0 Å². The molecule has 0 amide bonds. The molecule has 1 aliphatic rings. The number of hydrogen-bond acceptors (Lipinski definition) is 1. The molecule has 0 aromatic rings. The Balaban J connectivity index is 2.67. The zero-order valence-electron chi connectivity index (χ0n) is 7.39. The van der Waals surface area contributed by atoms with Crippen LogP contribution in [0.5, 0.6) is 0 Å². The lowest BCUT2D eigenvalue weighted by Crippen LogP contribution is -2.09. The molecule has 1 heteroatoms. The summed E-state index contributed by atoms with van der Waals surface area (Å²) in [4.78, 5) is 0. The molecule has 0 bridgehead atoms. The van der Waals surface area contributed by atoms with Gasteiger partial charge in [0.25, 0.3) is 0 Å². The van der Waals surface area contributed by atoms with E-state index in [4.69, 9.17) is 0 Å². The molecule has 0 aromatic carbocycles. The average Bonchev–Trinajstić information content (AvgIpc) is 2.05. The monoisotopic (exact) mass is 149 g/mol. The third-order valence-electron chi connectivity index (χ3n) is 1.84. The minimum absolute atomic E-state index is 0.608. The summed E-state index contributed by atoms with van der Waals surface area (Å²) in [7, 11) is 0. The Morgan fingerprint density at radius 2 is 2.09 bits per heavy atom. The van der Waals surface area contributed by atoms with Crippen LogP contribution in [0.1, 0.15) is 20.8 Å². The van der Waals surface area contributed by atoms with Crippen molar-refractivity contribution in [2.45, 2.75) is 20.8 Å². The van der Waals surface area contributed by atoms with E-state index in [1.54, 1.807) is 0 Å². The molecule has 11 heavy (non-hydrogen) atoms. The van der Waals surface area contributed by atoms with Crippen molar-refractivity contribution in [1.29, 1.82) is 0 Å². The lowest BCUT2D eigenvalue weighted by Gasteiger charge is -2.13. The second-order valence-corrected chi connectivity index (χ2v) is 3.02. The summed E-state index contributed by atoms with van der Waals surface area (Å²) in [6.07, 6.45) is 8.40. The van der Waals surface area contributed by atoms with Gasteiger partial charge in [0.1, 0.15) is 0 Å². The Morgan fingerprint density at radius 3 is 2.45 bits per heavy atom. The molecule has 60 valence electrons. The van der Waals surface area contributed by atoms with Crippen molar-refractivity contribution in [2.24, 2.45) is 5.92 Å². The summed E-state index contributed by atoms with van der Waals surface area (Å²) >= 11 is 0. The van der Waals surface area contributed by atoms with E-state index in [1.165, 1.54) is 11.3 Å². The summed E-state index contributed by atoms with van der Waals surface area (Å²) < 4.78 is 0. The fourth-order valence-corrected chi connectivity index (χ4v) is 0.988. The zero-order chi connectivity index (χ0) is 8.27. The van der Waals surface area contributed by atoms with Gasteiger partial charge in [-0.05, 0) is 24.5 Å². The second-order valence-electron chi connectivity index (χ2n) is 3.02. The maximum absolute atomic E-state index is 3.21. The molecule has 1 heterocycles. The van der Waals surface area contributed by atoms with Crippen molar-refractivity contribution in [1.82, 2.24) is 5.32 Å². The predicted octanol–water partition coefficient (Wildman–Crippen LogP) is 2.59. The van der Waals surface area contributed by atoms with Crippen LogP contribution in [0, 0.1) is 5.92 Å². The quantitative estimate of drug-likeness (QED) is 0.604. The van der Waals surface area contributed by atoms with Crippen molar-refractivity contribution in [2.75, 3.05) is 0 Å². The van der Waals surface area contributed by atoms with Gasteiger partial charge in [-0.3, -0.25) is 0 Å². The van der Waals surface area contributed by atoms with Gasteiger partial charge >= 0.3 is 0 Å². The van der Waals surface area contributed by atoms with Crippen LogP contribution in [-0.4, -0.2) is 0 Å². The summed E-state index contributed by atoms with van der Waals surface area (Å²) in [6, 6.07) is 0. The van der Waals surface area contributed by atoms with E-state index in [0.717, 1.165) is 0 Å². The Bertz CT molecular complexity index is 219. The Kier molecular flexibility index (Phi) is 2.53. The molecule has 1 rings (SSSR count). The molecule has 1 aliphatic heterocycles. The van der Waals surface area contributed by atoms with Crippen LogP contribution in [-0.2, 0) is 0 Å². The van der Waals surface area contributed by atoms with Crippen LogP contribution in [0.25, 0.3) is 0 Å². The van der Waals surface area contributed by atoms with Crippen LogP contribution in [0.15, 0.2) is 35.7 Å². The highest BCUT2D eigenvalue weighted by Crippen LogP contribution is 2.14. The summed E-state index contributed by atoms with van der Waals surface area (Å²) in [5.74, 6) is 0.608. The molecule has 0 aliphatic carbocycles. The van der Waals surface area contributed by atoms with Crippen molar-refractivity contribution < 1.29 is 0 Å². The maximum Gasteiger partial charge on any atom is 0.0336 e. The molecule has 0 radical (unpaired) electrons. The fourth-order valence-electron chi connectivity index (χ4n) is 0.988. The first-order valence-corrected chi connectivity index (χ1v) is 4.05. The molecule has 0 saturated heterocycles. The van der Waals surface area contributed by atoms with Gasteiger partial charge in [0.05, 0.1) is 0 Å². The summed E-state index contributed by atoms with van der Waals surface area (Å²) in [6.45, 7) is 6.41. The van der Waals surface area contributed by atoms with E-state index >= 15 is 0 Å². The smallest absolute Gasteiger partial charge is 0.0336 e. The van der Waals surface area contributed by atoms with Crippen molar-refractivity contribution >= 4 is 0 Å².